The average molecular weight is 399 g/mol. The van der Waals surface area contributed by atoms with Gasteiger partial charge in [-0.1, -0.05) is 0 Å². The normalized spacial score (nSPS) is 17.1. The number of non-ortho nitro benzene ring substituents is 1. The molecular formula is C14H11ClN4O6S. The zero-order valence-corrected chi connectivity index (χ0v) is 14.7. The van der Waals surface area contributed by atoms with Crippen molar-refractivity contribution >= 4 is 52.3 Å². The SMILES string of the molecule is COC(=O)/C=C1/S/C(=N\N=Cc2cc([N+](=O)[O-])cc(CCl)c2O)NC1=O. The largest absolute Gasteiger partial charge is 0.507 e. The van der Waals surface area contributed by atoms with Gasteiger partial charge in [-0.15, -0.1) is 16.7 Å². The number of hydrogen-bond donors (Lipinski definition) is 2. The summed E-state index contributed by atoms with van der Waals surface area (Å²) in [5.74, 6) is -1.63. The Hall–Kier alpha value is -2.92. The first-order chi connectivity index (χ1) is 12.3. The second-order valence-electron chi connectivity index (χ2n) is 4.67. The average Bonchev–Trinajstić information content (AvgIpc) is 2.95. The predicted octanol–water partition coefficient (Wildman–Crippen LogP) is 1.65. The molecule has 0 aromatic heterocycles. The minimum atomic E-state index is -0.692. The van der Waals surface area contributed by atoms with E-state index in [4.69, 9.17) is 11.6 Å². The molecule has 1 aromatic rings. The lowest BCUT2D eigenvalue weighted by atomic mass is 10.1. The highest BCUT2D eigenvalue weighted by Gasteiger charge is 2.25. The van der Waals surface area contributed by atoms with E-state index >= 15 is 0 Å². The Morgan fingerprint density at radius 1 is 1.54 bits per heavy atom. The summed E-state index contributed by atoms with van der Waals surface area (Å²) in [6.07, 6.45) is 2.09. The van der Waals surface area contributed by atoms with Crippen LogP contribution in [0.4, 0.5) is 5.69 Å². The molecule has 1 aliphatic rings. The highest BCUT2D eigenvalue weighted by molar-refractivity contribution is 8.18. The molecule has 0 radical (unpaired) electrons. The van der Waals surface area contributed by atoms with Crippen LogP contribution in [0.1, 0.15) is 11.1 Å². The second-order valence-corrected chi connectivity index (χ2v) is 5.97. The minimum absolute atomic E-state index is 0.0406. The molecule has 0 bridgehead atoms. The number of rotatable bonds is 5. The molecule has 136 valence electrons. The summed E-state index contributed by atoms with van der Waals surface area (Å²) in [4.78, 5) is 33.2. The van der Waals surface area contributed by atoms with Gasteiger partial charge in [-0.25, -0.2) is 4.79 Å². The molecule has 1 aromatic carbocycles. The number of alkyl halides is 1. The predicted molar refractivity (Wildman–Crippen MR) is 95.2 cm³/mol. The van der Waals surface area contributed by atoms with Crippen LogP contribution in [0.5, 0.6) is 5.75 Å². The molecular weight excluding hydrogens is 388 g/mol. The summed E-state index contributed by atoms with van der Waals surface area (Å²) in [6, 6.07) is 2.26. The summed E-state index contributed by atoms with van der Waals surface area (Å²) in [6.45, 7) is 0. The van der Waals surface area contributed by atoms with E-state index in [2.05, 4.69) is 20.3 Å². The van der Waals surface area contributed by atoms with Gasteiger partial charge < -0.3 is 9.84 Å². The number of halogens is 1. The van der Waals surface area contributed by atoms with Gasteiger partial charge in [-0.05, 0) is 11.8 Å². The zero-order valence-electron chi connectivity index (χ0n) is 13.1. The Bertz CT molecular complexity index is 867. The third kappa shape index (κ3) is 4.58. The first-order valence-corrected chi connectivity index (χ1v) is 8.17. The van der Waals surface area contributed by atoms with Gasteiger partial charge in [0.2, 0.25) is 0 Å². The molecule has 0 aliphatic carbocycles. The van der Waals surface area contributed by atoms with Gasteiger partial charge in [-0.3, -0.25) is 20.2 Å². The molecule has 2 rings (SSSR count). The van der Waals surface area contributed by atoms with Gasteiger partial charge in [0.15, 0.2) is 5.17 Å². The van der Waals surface area contributed by atoms with Gasteiger partial charge in [0.25, 0.3) is 11.6 Å². The molecule has 2 N–H and O–H groups in total. The molecule has 0 spiro atoms. The van der Waals surface area contributed by atoms with Crippen molar-refractivity contribution in [1.29, 1.82) is 0 Å². The highest BCUT2D eigenvalue weighted by Crippen LogP contribution is 2.29. The number of nitrogens with one attached hydrogen (secondary N) is 1. The number of phenolic OH excluding ortho intramolecular Hbond substituents is 1. The van der Waals surface area contributed by atoms with Crippen LogP contribution in [0.3, 0.4) is 0 Å². The van der Waals surface area contributed by atoms with Gasteiger partial charge in [0.1, 0.15) is 5.75 Å². The van der Waals surface area contributed by atoms with Gasteiger partial charge in [0.05, 0.1) is 29.0 Å². The van der Waals surface area contributed by atoms with Crippen molar-refractivity contribution in [3.8, 4) is 5.75 Å². The van der Waals surface area contributed by atoms with Crippen LogP contribution in [-0.4, -0.2) is 40.4 Å². The summed E-state index contributed by atoms with van der Waals surface area (Å²) in [5, 5.41) is 30.8. The fourth-order valence-electron chi connectivity index (χ4n) is 1.79. The van der Waals surface area contributed by atoms with E-state index in [0.29, 0.717) is 0 Å². The molecule has 1 amide bonds. The Balaban J connectivity index is 2.23. The van der Waals surface area contributed by atoms with Crippen molar-refractivity contribution in [3.63, 3.8) is 0 Å². The molecule has 1 fully saturated rings. The van der Waals surface area contributed by atoms with E-state index < -0.39 is 16.8 Å². The minimum Gasteiger partial charge on any atom is -0.507 e. The number of nitro benzene ring substituents is 1. The van der Waals surface area contributed by atoms with Crippen molar-refractivity contribution < 1.29 is 24.4 Å². The van der Waals surface area contributed by atoms with E-state index in [1.807, 2.05) is 0 Å². The molecule has 0 unspecified atom stereocenters. The van der Waals surface area contributed by atoms with Crippen LogP contribution in [-0.2, 0) is 20.2 Å². The number of benzene rings is 1. The van der Waals surface area contributed by atoms with Gasteiger partial charge >= 0.3 is 5.97 Å². The molecule has 1 heterocycles. The molecule has 0 atom stereocenters. The number of methoxy groups -OCH3 is 1. The van der Waals surface area contributed by atoms with Crippen LogP contribution < -0.4 is 5.32 Å². The van der Waals surface area contributed by atoms with Crippen molar-refractivity contribution in [2.24, 2.45) is 10.2 Å². The van der Waals surface area contributed by atoms with E-state index in [0.717, 1.165) is 36.2 Å². The quantitative estimate of drug-likeness (QED) is 0.191. The number of aromatic hydroxyl groups is 1. The summed E-state index contributed by atoms with van der Waals surface area (Å²) >= 11 is 6.52. The third-order valence-corrected chi connectivity index (χ3v) is 4.19. The maximum absolute atomic E-state index is 11.7. The van der Waals surface area contributed by atoms with E-state index in [9.17, 15) is 24.8 Å². The van der Waals surface area contributed by atoms with Gasteiger partial charge in [0, 0.05) is 29.3 Å². The summed E-state index contributed by atoms with van der Waals surface area (Å²) in [7, 11) is 1.18. The molecule has 1 saturated heterocycles. The van der Waals surface area contributed by atoms with Crippen molar-refractivity contribution in [2.45, 2.75) is 5.88 Å². The zero-order chi connectivity index (χ0) is 19.3. The third-order valence-electron chi connectivity index (χ3n) is 3.00. The van der Waals surface area contributed by atoms with E-state index in [1.165, 1.54) is 7.11 Å². The number of amidine groups is 1. The Morgan fingerprint density at radius 2 is 2.27 bits per heavy atom. The van der Waals surface area contributed by atoms with Crippen LogP contribution in [0.2, 0.25) is 0 Å². The Labute approximate surface area is 155 Å². The van der Waals surface area contributed by atoms with Crippen LogP contribution in [0.25, 0.3) is 0 Å². The highest BCUT2D eigenvalue weighted by atomic mass is 35.5. The van der Waals surface area contributed by atoms with Crippen molar-refractivity contribution in [1.82, 2.24) is 5.32 Å². The Morgan fingerprint density at radius 3 is 2.88 bits per heavy atom. The van der Waals surface area contributed by atoms with Crippen LogP contribution in [0.15, 0.2) is 33.3 Å². The number of esters is 1. The topological polar surface area (TPSA) is 143 Å². The molecule has 26 heavy (non-hydrogen) atoms. The lowest BCUT2D eigenvalue weighted by Crippen LogP contribution is -2.19. The lowest BCUT2D eigenvalue weighted by molar-refractivity contribution is -0.384. The van der Waals surface area contributed by atoms with E-state index in [1.54, 1.807) is 0 Å². The number of nitro groups is 1. The number of amides is 1. The number of nitrogens with zero attached hydrogens (tertiary/aromatic N) is 3. The fraction of sp³-hybridized carbons (Fsp3) is 0.143. The first kappa shape index (κ1) is 19.4. The standard InChI is InChI=1S/C14H11ClN4O6S/c1-25-11(20)4-10-13(22)17-14(26-10)18-16-6-8-3-9(19(23)24)2-7(5-15)12(8)21/h2-4,6,21H,5H2,1H3,(H,17,18,22)/b10-4+,16-6?. The van der Waals surface area contributed by atoms with Gasteiger partial charge in [-0.2, -0.15) is 5.10 Å². The Kier molecular flexibility index (Phi) is 6.31. The van der Waals surface area contributed by atoms with Crippen molar-refractivity contribution in [2.75, 3.05) is 7.11 Å². The van der Waals surface area contributed by atoms with Crippen LogP contribution in [0, 0.1) is 10.1 Å². The monoisotopic (exact) mass is 398 g/mol. The maximum atomic E-state index is 11.7. The first-order valence-electron chi connectivity index (χ1n) is 6.81. The molecule has 1 aliphatic heterocycles. The maximum Gasteiger partial charge on any atom is 0.331 e. The number of hydrogen-bond acceptors (Lipinski definition) is 9. The number of carbonyl (C=O) groups is 2. The van der Waals surface area contributed by atoms with Crippen LogP contribution >= 0.6 is 23.4 Å². The molecule has 12 heteroatoms. The number of thioether (sulfide) groups is 1. The smallest absolute Gasteiger partial charge is 0.331 e. The van der Waals surface area contributed by atoms with E-state index in [-0.39, 0.29) is 38.5 Å². The number of ether oxygens (including phenoxy) is 1. The lowest BCUT2D eigenvalue weighted by Gasteiger charge is -2.04. The number of phenols is 1. The molecule has 10 nitrogen and oxygen atoms in total. The summed E-state index contributed by atoms with van der Waals surface area (Å²) in [5.41, 5.74) is -0.0555. The summed E-state index contributed by atoms with van der Waals surface area (Å²) < 4.78 is 4.43. The fourth-order valence-corrected chi connectivity index (χ4v) is 2.73. The van der Waals surface area contributed by atoms with Crippen molar-refractivity contribution in [3.05, 3.63) is 44.4 Å². The molecule has 0 saturated carbocycles. The second kappa shape index (κ2) is 8.45. The number of carbonyl (C=O) groups excluding carboxylic acids is 2.